The topological polar surface area (TPSA) is 60.2 Å². The Morgan fingerprint density at radius 1 is 1.54 bits per heavy atom. The van der Waals surface area contributed by atoms with Crippen LogP contribution in [-0.4, -0.2) is 30.4 Å². The number of nitrogens with zero attached hydrogens (tertiary/aromatic N) is 2. The summed E-state index contributed by atoms with van der Waals surface area (Å²) in [6.45, 7) is 3.50. The molecule has 0 radical (unpaired) electrons. The van der Waals surface area contributed by atoms with Crippen molar-refractivity contribution in [2.75, 3.05) is 25.6 Å². The van der Waals surface area contributed by atoms with Gasteiger partial charge in [0.2, 0.25) is 0 Å². The minimum atomic E-state index is 0.495. The van der Waals surface area contributed by atoms with Crippen LogP contribution in [-0.2, 0) is 11.2 Å². The normalized spacial score (nSPS) is 10.3. The quantitative estimate of drug-likeness (QED) is 0.672. The average Bonchev–Trinajstić information content (AvgIpc) is 2.54. The lowest BCUT2D eigenvalue weighted by Gasteiger charge is -1.93. The molecular weight excluding hydrogens is 170 g/mol. The highest BCUT2D eigenvalue weighted by atomic mass is 16.5. The molecule has 0 bridgehead atoms. The standard InChI is InChI=1S/C8H15N3O2/c1-3-9-8-10-7(11-13-8)5-4-6-12-2/h3-6H2,1-2H3,(H,9,10,11). The van der Waals surface area contributed by atoms with E-state index >= 15 is 0 Å². The summed E-state index contributed by atoms with van der Waals surface area (Å²) in [5.74, 6) is 0.730. The summed E-state index contributed by atoms with van der Waals surface area (Å²) in [6, 6.07) is 0.495. The maximum absolute atomic E-state index is 4.92. The maximum Gasteiger partial charge on any atom is 0.321 e. The van der Waals surface area contributed by atoms with Crippen LogP contribution in [0.3, 0.4) is 0 Å². The second kappa shape index (κ2) is 5.53. The molecule has 0 fully saturated rings. The van der Waals surface area contributed by atoms with Gasteiger partial charge in [0.1, 0.15) is 0 Å². The van der Waals surface area contributed by atoms with Crippen molar-refractivity contribution in [1.82, 2.24) is 10.1 Å². The van der Waals surface area contributed by atoms with Crippen LogP contribution in [0.2, 0.25) is 0 Å². The molecule has 0 amide bonds. The monoisotopic (exact) mass is 185 g/mol. The molecule has 5 heteroatoms. The van der Waals surface area contributed by atoms with Gasteiger partial charge in [0.15, 0.2) is 5.82 Å². The molecule has 13 heavy (non-hydrogen) atoms. The molecule has 0 saturated carbocycles. The molecule has 0 aromatic carbocycles. The molecule has 5 nitrogen and oxygen atoms in total. The van der Waals surface area contributed by atoms with Crippen molar-refractivity contribution < 1.29 is 9.26 Å². The molecule has 1 aromatic rings. The van der Waals surface area contributed by atoms with E-state index in [4.69, 9.17) is 9.26 Å². The Bertz CT molecular complexity index is 237. The Morgan fingerprint density at radius 3 is 3.08 bits per heavy atom. The van der Waals surface area contributed by atoms with Gasteiger partial charge in [-0.2, -0.15) is 4.98 Å². The van der Waals surface area contributed by atoms with Gasteiger partial charge in [-0.1, -0.05) is 5.16 Å². The molecule has 0 unspecified atom stereocenters. The number of anilines is 1. The van der Waals surface area contributed by atoms with Gasteiger partial charge in [0.25, 0.3) is 0 Å². The minimum Gasteiger partial charge on any atom is -0.385 e. The summed E-state index contributed by atoms with van der Waals surface area (Å²) >= 11 is 0. The number of aromatic nitrogens is 2. The summed E-state index contributed by atoms with van der Waals surface area (Å²) in [7, 11) is 1.68. The minimum absolute atomic E-state index is 0.495. The van der Waals surface area contributed by atoms with E-state index in [9.17, 15) is 0 Å². The van der Waals surface area contributed by atoms with Crippen LogP contribution in [0.5, 0.6) is 0 Å². The number of aryl methyl sites for hydroxylation is 1. The lowest BCUT2D eigenvalue weighted by atomic mass is 10.3. The third-order valence-electron chi connectivity index (χ3n) is 1.54. The Morgan fingerprint density at radius 2 is 2.38 bits per heavy atom. The lowest BCUT2D eigenvalue weighted by molar-refractivity contribution is 0.194. The van der Waals surface area contributed by atoms with E-state index in [1.807, 2.05) is 6.92 Å². The molecule has 1 N–H and O–H groups in total. The Hall–Kier alpha value is -1.10. The molecular formula is C8H15N3O2. The molecule has 0 atom stereocenters. The van der Waals surface area contributed by atoms with Crippen molar-refractivity contribution in [3.8, 4) is 0 Å². The molecule has 1 rings (SSSR count). The van der Waals surface area contributed by atoms with Gasteiger partial charge in [0, 0.05) is 26.7 Å². The molecule has 1 heterocycles. The van der Waals surface area contributed by atoms with Crippen LogP contribution in [0.25, 0.3) is 0 Å². The van der Waals surface area contributed by atoms with Gasteiger partial charge in [-0.05, 0) is 13.3 Å². The summed E-state index contributed by atoms with van der Waals surface area (Å²) in [5, 5.41) is 6.75. The summed E-state index contributed by atoms with van der Waals surface area (Å²) < 4.78 is 9.84. The highest BCUT2D eigenvalue weighted by Crippen LogP contribution is 2.04. The number of rotatable bonds is 6. The van der Waals surface area contributed by atoms with Gasteiger partial charge in [0.05, 0.1) is 0 Å². The van der Waals surface area contributed by atoms with Crippen LogP contribution in [0.4, 0.5) is 6.01 Å². The lowest BCUT2D eigenvalue weighted by Crippen LogP contribution is -1.97. The van der Waals surface area contributed by atoms with Crippen LogP contribution in [0, 0.1) is 0 Å². The van der Waals surface area contributed by atoms with E-state index in [-0.39, 0.29) is 0 Å². The highest BCUT2D eigenvalue weighted by Gasteiger charge is 2.03. The highest BCUT2D eigenvalue weighted by molar-refractivity contribution is 5.17. The van der Waals surface area contributed by atoms with E-state index in [1.54, 1.807) is 7.11 Å². The fourth-order valence-corrected chi connectivity index (χ4v) is 0.953. The molecule has 0 saturated heterocycles. The van der Waals surface area contributed by atoms with E-state index in [2.05, 4.69) is 15.5 Å². The van der Waals surface area contributed by atoms with E-state index in [1.165, 1.54) is 0 Å². The van der Waals surface area contributed by atoms with Gasteiger partial charge >= 0.3 is 6.01 Å². The van der Waals surface area contributed by atoms with Gasteiger partial charge in [-0.3, -0.25) is 0 Å². The second-order valence-corrected chi connectivity index (χ2v) is 2.64. The predicted molar refractivity (Wildman–Crippen MR) is 48.7 cm³/mol. The first-order valence-electron chi connectivity index (χ1n) is 4.42. The molecule has 0 aliphatic carbocycles. The first-order chi connectivity index (χ1) is 6.36. The van der Waals surface area contributed by atoms with Crippen molar-refractivity contribution in [3.05, 3.63) is 5.82 Å². The smallest absolute Gasteiger partial charge is 0.321 e. The second-order valence-electron chi connectivity index (χ2n) is 2.64. The van der Waals surface area contributed by atoms with Crippen LogP contribution >= 0.6 is 0 Å². The third kappa shape index (κ3) is 3.42. The first kappa shape index (κ1) is 9.98. The molecule has 0 spiro atoms. The predicted octanol–water partition coefficient (Wildman–Crippen LogP) is 1.08. The fourth-order valence-electron chi connectivity index (χ4n) is 0.953. The SMILES string of the molecule is CCNc1nc(CCCOC)no1. The van der Waals surface area contributed by atoms with E-state index < -0.39 is 0 Å². The van der Waals surface area contributed by atoms with Crippen LogP contribution in [0.1, 0.15) is 19.2 Å². The van der Waals surface area contributed by atoms with Gasteiger partial charge in [-0.25, -0.2) is 0 Å². The van der Waals surface area contributed by atoms with Crippen LogP contribution < -0.4 is 5.32 Å². The number of nitrogens with one attached hydrogen (secondary N) is 1. The summed E-state index contributed by atoms with van der Waals surface area (Å²) in [5.41, 5.74) is 0. The van der Waals surface area contributed by atoms with Crippen molar-refractivity contribution in [1.29, 1.82) is 0 Å². The Balaban J connectivity index is 2.31. The molecule has 74 valence electrons. The Labute approximate surface area is 77.5 Å². The van der Waals surface area contributed by atoms with Crippen LogP contribution in [0.15, 0.2) is 4.52 Å². The van der Waals surface area contributed by atoms with E-state index in [0.717, 1.165) is 31.8 Å². The molecule has 1 aromatic heterocycles. The maximum atomic E-state index is 4.92. The average molecular weight is 185 g/mol. The zero-order chi connectivity index (χ0) is 9.52. The zero-order valence-corrected chi connectivity index (χ0v) is 8.04. The fraction of sp³-hybridized carbons (Fsp3) is 0.750. The Kier molecular flexibility index (Phi) is 4.25. The molecule has 0 aliphatic heterocycles. The number of hydrogen-bond donors (Lipinski definition) is 1. The van der Waals surface area contributed by atoms with Gasteiger partial charge in [-0.15, -0.1) is 0 Å². The van der Waals surface area contributed by atoms with Crippen molar-refractivity contribution >= 4 is 6.01 Å². The van der Waals surface area contributed by atoms with Crippen molar-refractivity contribution in [2.45, 2.75) is 19.8 Å². The summed E-state index contributed by atoms with van der Waals surface area (Å²) in [6.07, 6.45) is 1.71. The zero-order valence-electron chi connectivity index (χ0n) is 8.04. The van der Waals surface area contributed by atoms with Gasteiger partial charge < -0.3 is 14.6 Å². The van der Waals surface area contributed by atoms with E-state index in [0.29, 0.717) is 6.01 Å². The number of methoxy groups -OCH3 is 1. The number of hydrogen-bond acceptors (Lipinski definition) is 5. The van der Waals surface area contributed by atoms with Crippen molar-refractivity contribution in [3.63, 3.8) is 0 Å². The van der Waals surface area contributed by atoms with Crippen molar-refractivity contribution in [2.24, 2.45) is 0 Å². The largest absolute Gasteiger partial charge is 0.385 e. The molecule has 0 aliphatic rings. The number of ether oxygens (including phenoxy) is 1. The summed E-state index contributed by atoms with van der Waals surface area (Å²) in [4.78, 5) is 4.13. The first-order valence-corrected chi connectivity index (χ1v) is 4.42. The third-order valence-corrected chi connectivity index (χ3v) is 1.54.